The third-order valence-electron chi connectivity index (χ3n) is 3.82. The van der Waals surface area contributed by atoms with Gasteiger partial charge in [-0.3, -0.25) is 4.68 Å². The molecule has 0 aliphatic carbocycles. The van der Waals surface area contributed by atoms with Crippen molar-refractivity contribution < 1.29 is 0 Å². The number of rotatable bonds is 6. The van der Waals surface area contributed by atoms with Gasteiger partial charge in [0.25, 0.3) is 0 Å². The Morgan fingerprint density at radius 1 is 1.24 bits per heavy atom. The average molecular weight is 350 g/mol. The van der Waals surface area contributed by atoms with Crippen LogP contribution in [0, 0.1) is 13.8 Å². The van der Waals surface area contributed by atoms with Crippen molar-refractivity contribution in [2.24, 2.45) is 0 Å². The molecule has 21 heavy (non-hydrogen) atoms. The largest absolute Gasteiger partial charge is 0.310 e. The number of nitrogens with one attached hydrogen (secondary N) is 1. The van der Waals surface area contributed by atoms with Gasteiger partial charge in [0.2, 0.25) is 0 Å². The molecule has 0 fully saturated rings. The number of hydrogen-bond donors (Lipinski definition) is 1. The Balaban J connectivity index is 2.20. The highest BCUT2D eigenvalue weighted by Gasteiger charge is 2.16. The van der Waals surface area contributed by atoms with Crippen molar-refractivity contribution in [3.63, 3.8) is 0 Å². The maximum absolute atomic E-state index is 4.72. The highest BCUT2D eigenvalue weighted by molar-refractivity contribution is 9.10. The molecular weight excluding hydrogens is 326 g/mol. The fourth-order valence-corrected chi connectivity index (χ4v) is 2.98. The van der Waals surface area contributed by atoms with Gasteiger partial charge in [-0.05, 0) is 51.4 Å². The predicted molar refractivity (Wildman–Crippen MR) is 91.7 cm³/mol. The minimum atomic E-state index is 0.351. The van der Waals surface area contributed by atoms with Crippen molar-refractivity contribution in [2.75, 3.05) is 6.54 Å². The van der Waals surface area contributed by atoms with Gasteiger partial charge in [-0.15, -0.1) is 0 Å². The van der Waals surface area contributed by atoms with Crippen LogP contribution in [0.4, 0.5) is 0 Å². The molecule has 0 aliphatic rings. The third kappa shape index (κ3) is 3.95. The molecule has 0 spiro atoms. The number of aromatic nitrogens is 2. The van der Waals surface area contributed by atoms with Crippen molar-refractivity contribution in [2.45, 2.75) is 46.7 Å². The van der Waals surface area contributed by atoms with Gasteiger partial charge < -0.3 is 5.32 Å². The molecule has 1 heterocycles. The van der Waals surface area contributed by atoms with Gasteiger partial charge in [-0.25, -0.2) is 0 Å². The number of hydrogen-bond acceptors (Lipinski definition) is 2. The summed E-state index contributed by atoms with van der Waals surface area (Å²) in [4.78, 5) is 0. The van der Waals surface area contributed by atoms with Crippen LogP contribution in [0.25, 0.3) is 0 Å². The summed E-state index contributed by atoms with van der Waals surface area (Å²) < 4.78 is 3.22. The topological polar surface area (TPSA) is 29.9 Å². The minimum Gasteiger partial charge on any atom is -0.310 e. The molecule has 0 amide bonds. The highest BCUT2D eigenvalue weighted by Crippen LogP contribution is 2.22. The number of benzene rings is 1. The van der Waals surface area contributed by atoms with Gasteiger partial charge in [0.05, 0.1) is 12.2 Å². The molecule has 0 radical (unpaired) electrons. The maximum atomic E-state index is 4.72. The molecule has 1 aromatic carbocycles. The van der Waals surface area contributed by atoms with E-state index in [1.807, 2.05) is 0 Å². The van der Waals surface area contributed by atoms with Gasteiger partial charge in [0, 0.05) is 21.8 Å². The van der Waals surface area contributed by atoms with Gasteiger partial charge in [0.15, 0.2) is 0 Å². The second-order valence-electron chi connectivity index (χ2n) is 5.54. The quantitative estimate of drug-likeness (QED) is 0.838. The van der Waals surface area contributed by atoms with Crippen molar-refractivity contribution in [1.82, 2.24) is 15.1 Å². The molecule has 2 rings (SSSR count). The lowest BCUT2D eigenvalue weighted by Gasteiger charge is -2.14. The van der Waals surface area contributed by atoms with Crippen molar-refractivity contribution >= 4 is 15.9 Å². The lowest BCUT2D eigenvalue weighted by molar-refractivity contribution is 0.564. The zero-order chi connectivity index (χ0) is 15.4. The molecule has 1 N–H and O–H groups in total. The molecule has 0 saturated carbocycles. The molecule has 1 atom stereocenters. The normalized spacial score (nSPS) is 12.6. The first-order chi connectivity index (χ1) is 10.0. The van der Waals surface area contributed by atoms with Crippen LogP contribution >= 0.6 is 15.9 Å². The van der Waals surface area contributed by atoms with Crippen LogP contribution < -0.4 is 5.32 Å². The fourth-order valence-electron chi connectivity index (χ4n) is 2.72. The lowest BCUT2D eigenvalue weighted by atomic mass is 10.1. The first kappa shape index (κ1) is 16.2. The smallest absolute Gasteiger partial charge is 0.0662 e. The molecule has 4 heteroatoms. The van der Waals surface area contributed by atoms with Gasteiger partial charge in [-0.2, -0.15) is 5.10 Å². The molecule has 1 aromatic heterocycles. The van der Waals surface area contributed by atoms with E-state index in [0.717, 1.165) is 29.7 Å². The van der Waals surface area contributed by atoms with Gasteiger partial charge in [-0.1, -0.05) is 35.0 Å². The Morgan fingerprint density at radius 3 is 2.52 bits per heavy atom. The Kier molecular flexibility index (Phi) is 5.59. The van der Waals surface area contributed by atoms with Crippen LogP contribution in [0.1, 0.15) is 48.8 Å². The Bertz CT molecular complexity index is 587. The van der Waals surface area contributed by atoms with Gasteiger partial charge in [0.1, 0.15) is 0 Å². The lowest BCUT2D eigenvalue weighted by Crippen LogP contribution is -2.20. The van der Waals surface area contributed by atoms with E-state index in [-0.39, 0.29) is 0 Å². The van der Waals surface area contributed by atoms with E-state index in [9.17, 15) is 0 Å². The van der Waals surface area contributed by atoms with Gasteiger partial charge >= 0.3 is 0 Å². The molecule has 0 saturated heterocycles. The van der Waals surface area contributed by atoms with Crippen molar-refractivity contribution in [3.8, 4) is 0 Å². The van der Waals surface area contributed by atoms with Crippen LogP contribution in [0.5, 0.6) is 0 Å². The summed E-state index contributed by atoms with van der Waals surface area (Å²) in [5.41, 5.74) is 4.98. The summed E-state index contributed by atoms with van der Waals surface area (Å²) in [6, 6.07) is 8.78. The molecule has 3 nitrogen and oxygen atoms in total. The first-order valence-electron chi connectivity index (χ1n) is 7.54. The van der Waals surface area contributed by atoms with E-state index in [4.69, 9.17) is 5.10 Å². The highest BCUT2D eigenvalue weighted by atomic mass is 79.9. The Morgan fingerprint density at radius 2 is 1.90 bits per heavy atom. The summed E-state index contributed by atoms with van der Waals surface area (Å²) in [6.07, 6.45) is 1.15. The summed E-state index contributed by atoms with van der Waals surface area (Å²) >= 11 is 3.47. The number of nitrogens with zero attached hydrogens (tertiary/aromatic N) is 2. The monoisotopic (exact) mass is 349 g/mol. The van der Waals surface area contributed by atoms with E-state index < -0.39 is 0 Å². The summed E-state index contributed by atoms with van der Waals surface area (Å²) in [5, 5.41) is 8.28. The SMILES string of the molecule is CCCNC(C)c1c(C)nn(Cc2ccc(Br)cc2)c1C. The molecule has 0 aliphatic heterocycles. The van der Waals surface area contributed by atoms with E-state index in [2.05, 4.69) is 77.9 Å². The van der Waals surface area contributed by atoms with Crippen LogP contribution in [0.3, 0.4) is 0 Å². The Hall–Kier alpha value is -1.13. The number of aryl methyl sites for hydroxylation is 1. The molecule has 1 unspecified atom stereocenters. The summed E-state index contributed by atoms with van der Waals surface area (Å²) in [6.45, 7) is 10.5. The predicted octanol–water partition coefficient (Wildman–Crippen LogP) is 4.37. The summed E-state index contributed by atoms with van der Waals surface area (Å²) in [5.74, 6) is 0. The van der Waals surface area contributed by atoms with Crippen molar-refractivity contribution in [1.29, 1.82) is 0 Å². The summed E-state index contributed by atoms with van der Waals surface area (Å²) in [7, 11) is 0. The van der Waals surface area contributed by atoms with E-state index in [1.165, 1.54) is 16.8 Å². The van der Waals surface area contributed by atoms with E-state index >= 15 is 0 Å². The standard InChI is InChI=1S/C17H24BrN3/c1-5-10-19-12(2)17-13(3)20-21(14(17)4)11-15-6-8-16(18)9-7-15/h6-9,12,19H,5,10-11H2,1-4H3. The van der Waals surface area contributed by atoms with Crippen LogP contribution in [-0.4, -0.2) is 16.3 Å². The Labute approximate surface area is 135 Å². The van der Waals surface area contributed by atoms with E-state index in [1.54, 1.807) is 0 Å². The van der Waals surface area contributed by atoms with Crippen LogP contribution in [-0.2, 0) is 6.54 Å². The minimum absolute atomic E-state index is 0.351. The fraction of sp³-hybridized carbons (Fsp3) is 0.471. The van der Waals surface area contributed by atoms with E-state index in [0.29, 0.717) is 6.04 Å². The van der Waals surface area contributed by atoms with Crippen molar-refractivity contribution in [3.05, 3.63) is 51.3 Å². The third-order valence-corrected chi connectivity index (χ3v) is 4.35. The van der Waals surface area contributed by atoms with Crippen LogP contribution in [0.15, 0.2) is 28.7 Å². The molecule has 2 aromatic rings. The second kappa shape index (κ2) is 7.23. The van der Waals surface area contributed by atoms with Crippen LogP contribution in [0.2, 0.25) is 0 Å². The average Bonchev–Trinajstić information content (AvgIpc) is 2.73. The maximum Gasteiger partial charge on any atom is 0.0662 e. The second-order valence-corrected chi connectivity index (χ2v) is 6.46. The zero-order valence-electron chi connectivity index (χ0n) is 13.3. The molecular formula is C17H24BrN3. The molecule has 114 valence electrons. The number of halogens is 1. The first-order valence-corrected chi connectivity index (χ1v) is 8.34. The molecule has 0 bridgehead atoms. The zero-order valence-corrected chi connectivity index (χ0v) is 14.9.